The summed E-state index contributed by atoms with van der Waals surface area (Å²) in [6.45, 7) is 0. The van der Waals surface area contributed by atoms with E-state index in [2.05, 4.69) is 4.74 Å². The van der Waals surface area contributed by atoms with E-state index in [9.17, 15) is 18.3 Å². The normalized spacial score (nSPS) is 18.8. The van der Waals surface area contributed by atoms with Gasteiger partial charge in [-0.2, -0.15) is 0 Å². The van der Waals surface area contributed by atoms with Crippen LogP contribution >= 0.6 is 0 Å². The van der Waals surface area contributed by atoms with E-state index in [-0.39, 0.29) is 5.92 Å². The van der Waals surface area contributed by atoms with E-state index in [0.717, 1.165) is 38.2 Å². The molecule has 3 N–H and O–H groups in total. The Morgan fingerprint density at radius 2 is 1.85 bits per heavy atom. The summed E-state index contributed by atoms with van der Waals surface area (Å²) in [7, 11) is 0. The standard InChI is InChI=1S/C14H18F3NO2/c15-14(16,17)20-11-8-4-7-10(13(11)19)12(18)9-5-2-1-3-6-9/h4,7-9,12,19H,1-3,5-6,18H2/t12-/m0/s1. The van der Waals surface area contributed by atoms with Gasteiger partial charge in [-0.15, -0.1) is 13.2 Å². The van der Waals surface area contributed by atoms with E-state index >= 15 is 0 Å². The number of phenolic OH excluding ortho intramolecular Hbond substituents is 1. The number of benzene rings is 1. The Bertz CT molecular complexity index is 456. The highest BCUT2D eigenvalue weighted by molar-refractivity contribution is 5.47. The lowest BCUT2D eigenvalue weighted by molar-refractivity contribution is -0.275. The van der Waals surface area contributed by atoms with Crippen LogP contribution in [0, 0.1) is 5.92 Å². The topological polar surface area (TPSA) is 55.5 Å². The van der Waals surface area contributed by atoms with Crippen molar-refractivity contribution in [2.24, 2.45) is 11.7 Å². The van der Waals surface area contributed by atoms with Gasteiger partial charge in [0.2, 0.25) is 0 Å². The van der Waals surface area contributed by atoms with Crippen LogP contribution in [0.15, 0.2) is 18.2 Å². The summed E-state index contributed by atoms with van der Waals surface area (Å²) in [5.74, 6) is -0.917. The van der Waals surface area contributed by atoms with Crippen LogP contribution < -0.4 is 10.5 Å². The van der Waals surface area contributed by atoms with Crippen LogP contribution in [0.5, 0.6) is 11.5 Å². The van der Waals surface area contributed by atoms with Gasteiger partial charge in [-0.25, -0.2) is 0 Å². The van der Waals surface area contributed by atoms with Crippen LogP contribution in [-0.2, 0) is 0 Å². The molecule has 0 saturated heterocycles. The number of aromatic hydroxyl groups is 1. The summed E-state index contributed by atoms with van der Waals surface area (Å²) in [4.78, 5) is 0. The number of halogens is 3. The average Bonchev–Trinajstić information content (AvgIpc) is 2.40. The van der Waals surface area contributed by atoms with Crippen molar-refractivity contribution in [2.45, 2.75) is 44.5 Å². The van der Waals surface area contributed by atoms with Crippen LogP contribution in [0.4, 0.5) is 13.2 Å². The Hall–Kier alpha value is -1.43. The van der Waals surface area contributed by atoms with Crippen molar-refractivity contribution in [2.75, 3.05) is 0 Å². The summed E-state index contributed by atoms with van der Waals surface area (Å²) < 4.78 is 40.5. The molecule has 0 aromatic heterocycles. The number of alkyl halides is 3. The van der Waals surface area contributed by atoms with Crippen LogP contribution in [-0.4, -0.2) is 11.5 Å². The van der Waals surface area contributed by atoms with Gasteiger partial charge in [0.05, 0.1) is 0 Å². The molecule has 1 aliphatic rings. The molecule has 1 atom stereocenters. The van der Waals surface area contributed by atoms with E-state index in [1.165, 1.54) is 6.07 Å². The van der Waals surface area contributed by atoms with Crippen molar-refractivity contribution in [3.8, 4) is 11.5 Å². The van der Waals surface area contributed by atoms with Crippen molar-refractivity contribution in [3.05, 3.63) is 23.8 Å². The first-order chi connectivity index (χ1) is 9.38. The van der Waals surface area contributed by atoms with Gasteiger partial charge in [0, 0.05) is 11.6 Å². The smallest absolute Gasteiger partial charge is 0.504 e. The van der Waals surface area contributed by atoms with Crippen LogP contribution in [0.25, 0.3) is 0 Å². The molecular formula is C14H18F3NO2. The van der Waals surface area contributed by atoms with E-state index in [0.29, 0.717) is 5.56 Å². The first kappa shape index (κ1) is 15.0. The first-order valence-electron chi connectivity index (χ1n) is 6.71. The highest BCUT2D eigenvalue weighted by Gasteiger charge is 2.33. The van der Waals surface area contributed by atoms with Gasteiger partial charge in [0.15, 0.2) is 11.5 Å². The summed E-state index contributed by atoms with van der Waals surface area (Å²) in [6.07, 6.45) is 0.336. The second-order valence-corrected chi connectivity index (χ2v) is 5.17. The van der Waals surface area contributed by atoms with Gasteiger partial charge in [-0.1, -0.05) is 31.4 Å². The lowest BCUT2D eigenvalue weighted by atomic mass is 9.81. The third kappa shape index (κ3) is 3.56. The molecule has 0 spiro atoms. The Morgan fingerprint density at radius 1 is 1.20 bits per heavy atom. The molecule has 0 unspecified atom stereocenters. The molecule has 0 aliphatic heterocycles. The maximum atomic E-state index is 12.2. The number of hydrogen-bond donors (Lipinski definition) is 2. The molecule has 0 amide bonds. The quantitative estimate of drug-likeness (QED) is 0.888. The molecule has 112 valence electrons. The molecule has 2 rings (SSSR count). The highest BCUT2D eigenvalue weighted by Crippen LogP contribution is 2.41. The second-order valence-electron chi connectivity index (χ2n) is 5.17. The minimum Gasteiger partial charge on any atom is -0.504 e. The predicted octanol–water partition coefficient (Wildman–Crippen LogP) is 3.87. The maximum Gasteiger partial charge on any atom is 0.573 e. The molecule has 1 aliphatic carbocycles. The Morgan fingerprint density at radius 3 is 2.45 bits per heavy atom. The molecule has 20 heavy (non-hydrogen) atoms. The van der Waals surface area contributed by atoms with Gasteiger partial charge < -0.3 is 15.6 Å². The number of phenols is 1. The van der Waals surface area contributed by atoms with Crippen molar-refractivity contribution >= 4 is 0 Å². The molecule has 0 bridgehead atoms. The molecule has 1 saturated carbocycles. The molecule has 1 aromatic carbocycles. The lowest BCUT2D eigenvalue weighted by Gasteiger charge is -2.28. The van der Waals surface area contributed by atoms with Crippen molar-refractivity contribution in [3.63, 3.8) is 0 Å². The zero-order chi connectivity index (χ0) is 14.8. The number of ether oxygens (including phenoxy) is 1. The molecule has 1 aromatic rings. The van der Waals surface area contributed by atoms with Gasteiger partial charge in [-0.05, 0) is 24.8 Å². The number of hydrogen-bond acceptors (Lipinski definition) is 3. The molecular weight excluding hydrogens is 271 g/mol. The fourth-order valence-corrected chi connectivity index (χ4v) is 2.76. The third-order valence-corrected chi connectivity index (χ3v) is 3.77. The molecule has 3 nitrogen and oxygen atoms in total. The second kappa shape index (κ2) is 5.91. The summed E-state index contributed by atoms with van der Waals surface area (Å²) in [5.41, 5.74) is 6.42. The maximum absolute atomic E-state index is 12.2. The van der Waals surface area contributed by atoms with Gasteiger partial charge in [0.25, 0.3) is 0 Å². The Labute approximate surface area is 115 Å². The SMILES string of the molecule is N[C@H](c1cccc(OC(F)(F)F)c1O)C1CCCCC1. The van der Waals surface area contributed by atoms with E-state index in [1.54, 1.807) is 6.07 Å². The third-order valence-electron chi connectivity index (χ3n) is 3.77. The van der Waals surface area contributed by atoms with Gasteiger partial charge in [0.1, 0.15) is 0 Å². The summed E-state index contributed by atoms with van der Waals surface area (Å²) in [5, 5.41) is 9.95. The number of para-hydroxylation sites is 1. The molecule has 6 heteroatoms. The molecule has 0 heterocycles. The van der Waals surface area contributed by atoms with E-state index in [4.69, 9.17) is 5.73 Å². The average molecular weight is 289 g/mol. The zero-order valence-electron chi connectivity index (χ0n) is 11.0. The predicted molar refractivity (Wildman–Crippen MR) is 68.3 cm³/mol. The van der Waals surface area contributed by atoms with Crippen LogP contribution in [0.2, 0.25) is 0 Å². The van der Waals surface area contributed by atoms with Gasteiger partial charge >= 0.3 is 6.36 Å². The number of nitrogens with two attached hydrogens (primary N) is 1. The van der Waals surface area contributed by atoms with Crippen molar-refractivity contribution in [1.82, 2.24) is 0 Å². The fraction of sp³-hybridized carbons (Fsp3) is 0.571. The first-order valence-corrected chi connectivity index (χ1v) is 6.71. The Balaban J connectivity index is 2.21. The fourth-order valence-electron chi connectivity index (χ4n) is 2.76. The lowest BCUT2D eigenvalue weighted by Crippen LogP contribution is -2.24. The summed E-state index contributed by atoms with van der Waals surface area (Å²) >= 11 is 0. The monoisotopic (exact) mass is 289 g/mol. The Kier molecular flexibility index (Phi) is 4.42. The summed E-state index contributed by atoms with van der Waals surface area (Å²) in [6, 6.07) is 3.59. The van der Waals surface area contributed by atoms with E-state index < -0.39 is 23.9 Å². The molecule has 0 radical (unpaired) electrons. The zero-order valence-corrected chi connectivity index (χ0v) is 11.0. The number of rotatable bonds is 3. The molecule has 1 fully saturated rings. The van der Waals surface area contributed by atoms with Crippen molar-refractivity contribution < 1.29 is 23.0 Å². The van der Waals surface area contributed by atoms with Crippen molar-refractivity contribution in [1.29, 1.82) is 0 Å². The minimum atomic E-state index is -4.83. The minimum absolute atomic E-state index is 0.191. The van der Waals surface area contributed by atoms with Crippen LogP contribution in [0.3, 0.4) is 0 Å². The van der Waals surface area contributed by atoms with E-state index in [1.807, 2.05) is 0 Å². The highest BCUT2D eigenvalue weighted by atomic mass is 19.4. The van der Waals surface area contributed by atoms with Crippen LogP contribution in [0.1, 0.15) is 43.7 Å². The largest absolute Gasteiger partial charge is 0.573 e. The van der Waals surface area contributed by atoms with Gasteiger partial charge in [-0.3, -0.25) is 0 Å².